The van der Waals surface area contributed by atoms with Crippen molar-refractivity contribution < 1.29 is 0 Å². The lowest BCUT2D eigenvalue weighted by Crippen LogP contribution is -2.34. The molecule has 1 aliphatic heterocycles. The molecule has 0 aromatic carbocycles. The highest BCUT2D eigenvalue weighted by molar-refractivity contribution is 5.43. The lowest BCUT2D eigenvalue weighted by Gasteiger charge is -2.33. The molecule has 0 aliphatic carbocycles. The first-order valence-electron chi connectivity index (χ1n) is 8.54. The Balaban J connectivity index is 2.11. The Hall–Kier alpha value is -1.09. The minimum absolute atomic E-state index is 0.484. The van der Waals surface area contributed by atoms with Crippen LogP contribution in [0.4, 0.5) is 5.82 Å². The number of pyridine rings is 1. The van der Waals surface area contributed by atoms with E-state index in [1.165, 1.54) is 42.8 Å². The predicted molar refractivity (Wildman–Crippen MR) is 90.9 cm³/mol. The van der Waals surface area contributed by atoms with Crippen molar-refractivity contribution in [1.29, 1.82) is 0 Å². The third kappa shape index (κ3) is 4.44. The number of nitrogens with zero attached hydrogens (tertiary/aromatic N) is 2. The summed E-state index contributed by atoms with van der Waals surface area (Å²) in [4.78, 5) is 7.39. The second kappa shape index (κ2) is 7.79. The third-order valence-corrected chi connectivity index (χ3v) is 4.50. The van der Waals surface area contributed by atoms with Gasteiger partial charge in [0.25, 0.3) is 0 Å². The van der Waals surface area contributed by atoms with E-state index in [-0.39, 0.29) is 0 Å². The number of hydrogen-bond acceptors (Lipinski definition) is 3. The monoisotopic (exact) mass is 289 g/mol. The van der Waals surface area contributed by atoms with Crippen LogP contribution in [0.2, 0.25) is 0 Å². The molecule has 21 heavy (non-hydrogen) atoms. The van der Waals surface area contributed by atoms with Gasteiger partial charge in [-0.3, -0.25) is 0 Å². The van der Waals surface area contributed by atoms with Crippen molar-refractivity contribution in [3.63, 3.8) is 0 Å². The maximum absolute atomic E-state index is 4.91. The largest absolute Gasteiger partial charge is 0.357 e. The SMILES string of the molecule is CCCC1CCN(c2cc(CNC)cc(C(C)C)n2)CC1. The summed E-state index contributed by atoms with van der Waals surface area (Å²) < 4.78 is 0. The van der Waals surface area contributed by atoms with Crippen molar-refractivity contribution in [3.8, 4) is 0 Å². The Morgan fingerprint density at radius 1 is 1.29 bits per heavy atom. The van der Waals surface area contributed by atoms with Crippen LogP contribution in [0.25, 0.3) is 0 Å². The average Bonchev–Trinajstić information content (AvgIpc) is 2.48. The molecule has 0 bridgehead atoms. The van der Waals surface area contributed by atoms with Crippen molar-refractivity contribution in [2.75, 3.05) is 25.0 Å². The molecule has 2 rings (SSSR count). The van der Waals surface area contributed by atoms with Gasteiger partial charge in [0, 0.05) is 25.3 Å². The fraction of sp³-hybridized carbons (Fsp3) is 0.722. The van der Waals surface area contributed by atoms with Gasteiger partial charge in [-0.1, -0.05) is 33.6 Å². The van der Waals surface area contributed by atoms with Crippen LogP contribution in [-0.4, -0.2) is 25.1 Å². The first-order chi connectivity index (χ1) is 10.1. The van der Waals surface area contributed by atoms with Gasteiger partial charge in [0.2, 0.25) is 0 Å². The molecule has 1 fully saturated rings. The van der Waals surface area contributed by atoms with E-state index in [2.05, 4.69) is 43.1 Å². The molecule has 0 saturated carbocycles. The third-order valence-electron chi connectivity index (χ3n) is 4.50. The van der Waals surface area contributed by atoms with Crippen molar-refractivity contribution in [2.45, 2.75) is 58.9 Å². The molecule has 2 heterocycles. The van der Waals surface area contributed by atoms with Crippen LogP contribution in [0, 0.1) is 5.92 Å². The molecular weight excluding hydrogens is 258 g/mol. The Morgan fingerprint density at radius 2 is 2.00 bits per heavy atom. The number of hydrogen-bond donors (Lipinski definition) is 1. The second-order valence-corrected chi connectivity index (χ2v) is 6.66. The lowest BCUT2D eigenvalue weighted by atomic mass is 9.92. The van der Waals surface area contributed by atoms with Gasteiger partial charge >= 0.3 is 0 Å². The van der Waals surface area contributed by atoms with E-state index in [1.54, 1.807) is 0 Å². The van der Waals surface area contributed by atoms with Gasteiger partial charge in [-0.25, -0.2) is 4.98 Å². The number of aromatic nitrogens is 1. The van der Waals surface area contributed by atoms with E-state index in [1.807, 2.05) is 7.05 Å². The Labute approximate surface area is 130 Å². The average molecular weight is 289 g/mol. The Kier molecular flexibility index (Phi) is 6.04. The first-order valence-corrected chi connectivity index (χ1v) is 8.54. The van der Waals surface area contributed by atoms with Gasteiger partial charge < -0.3 is 10.2 Å². The van der Waals surface area contributed by atoms with E-state index >= 15 is 0 Å². The lowest BCUT2D eigenvalue weighted by molar-refractivity contribution is 0.377. The van der Waals surface area contributed by atoms with Gasteiger partial charge in [0.05, 0.1) is 0 Å². The van der Waals surface area contributed by atoms with Crippen LogP contribution in [0.15, 0.2) is 12.1 Å². The molecule has 1 saturated heterocycles. The molecule has 1 aromatic heterocycles. The van der Waals surface area contributed by atoms with Gasteiger partial charge in [-0.15, -0.1) is 0 Å². The molecular formula is C18H31N3. The fourth-order valence-corrected chi connectivity index (χ4v) is 3.22. The van der Waals surface area contributed by atoms with Crippen LogP contribution in [0.5, 0.6) is 0 Å². The summed E-state index contributed by atoms with van der Waals surface area (Å²) in [5.74, 6) is 2.59. The minimum atomic E-state index is 0.484. The molecule has 1 N–H and O–H groups in total. The summed E-state index contributed by atoms with van der Waals surface area (Å²) >= 11 is 0. The second-order valence-electron chi connectivity index (χ2n) is 6.66. The number of anilines is 1. The summed E-state index contributed by atoms with van der Waals surface area (Å²) in [6, 6.07) is 4.51. The van der Waals surface area contributed by atoms with Gasteiger partial charge in [0.1, 0.15) is 5.82 Å². The van der Waals surface area contributed by atoms with Crippen LogP contribution in [0.1, 0.15) is 63.6 Å². The maximum atomic E-state index is 4.91. The van der Waals surface area contributed by atoms with Crippen molar-refractivity contribution >= 4 is 5.82 Å². The van der Waals surface area contributed by atoms with Crippen molar-refractivity contribution in [3.05, 3.63) is 23.4 Å². The molecule has 0 unspecified atom stereocenters. The molecule has 3 heteroatoms. The van der Waals surface area contributed by atoms with Gasteiger partial charge in [0.15, 0.2) is 0 Å². The smallest absolute Gasteiger partial charge is 0.129 e. The van der Waals surface area contributed by atoms with Crippen LogP contribution < -0.4 is 10.2 Å². The predicted octanol–water partition coefficient (Wildman–Crippen LogP) is 3.94. The topological polar surface area (TPSA) is 28.2 Å². The van der Waals surface area contributed by atoms with Gasteiger partial charge in [-0.05, 0) is 49.4 Å². The summed E-state index contributed by atoms with van der Waals surface area (Å²) in [6.07, 6.45) is 5.35. The van der Waals surface area contributed by atoms with Crippen LogP contribution in [0.3, 0.4) is 0 Å². The van der Waals surface area contributed by atoms with E-state index in [4.69, 9.17) is 4.98 Å². The Bertz CT molecular complexity index is 434. The summed E-state index contributed by atoms with van der Waals surface area (Å²) in [6.45, 7) is 9.99. The zero-order valence-electron chi connectivity index (χ0n) is 14.2. The van der Waals surface area contributed by atoms with Gasteiger partial charge in [-0.2, -0.15) is 0 Å². The Morgan fingerprint density at radius 3 is 2.57 bits per heavy atom. The first kappa shape index (κ1) is 16.3. The molecule has 0 radical (unpaired) electrons. The van der Waals surface area contributed by atoms with E-state index in [9.17, 15) is 0 Å². The van der Waals surface area contributed by atoms with Crippen molar-refractivity contribution in [1.82, 2.24) is 10.3 Å². The number of nitrogens with one attached hydrogen (secondary N) is 1. The zero-order valence-corrected chi connectivity index (χ0v) is 14.2. The molecule has 1 aliphatic rings. The number of piperidine rings is 1. The highest BCUT2D eigenvalue weighted by atomic mass is 15.2. The zero-order chi connectivity index (χ0) is 15.2. The highest BCUT2D eigenvalue weighted by Gasteiger charge is 2.20. The van der Waals surface area contributed by atoms with Crippen LogP contribution in [-0.2, 0) is 6.54 Å². The van der Waals surface area contributed by atoms with E-state index in [0.29, 0.717) is 5.92 Å². The molecule has 1 aromatic rings. The minimum Gasteiger partial charge on any atom is -0.357 e. The maximum Gasteiger partial charge on any atom is 0.129 e. The standard InChI is InChI=1S/C18H31N3/c1-5-6-15-7-9-21(10-8-15)18-12-16(13-19-4)11-17(20-18)14(2)3/h11-12,14-15,19H,5-10,13H2,1-4H3. The summed E-state index contributed by atoms with van der Waals surface area (Å²) in [5.41, 5.74) is 2.57. The van der Waals surface area contributed by atoms with Crippen LogP contribution >= 0.6 is 0 Å². The van der Waals surface area contributed by atoms with E-state index < -0.39 is 0 Å². The molecule has 3 nitrogen and oxygen atoms in total. The highest BCUT2D eigenvalue weighted by Crippen LogP contribution is 2.27. The quantitative estimate of drug-likeness (QED) is 0.859. The molecule has 0 atom stereocenters. The molecule has 0 spiro atoms. The summed E-state index contributed by atoms with van der Waals surface area (Å²) in [5, 5.41) is 3.26. The van der Waals surface area contributed by atoms with E-state index in [0.717, 1.165) is 25.6 Å². The molecule has 0 amide bonds. The molecule has 118 valence electrons. The summed E-state index contributed by atoms with van der Waals surface area (Å²) in [7, 11) is 2.01. The normalized spacial score (nSPS) is 16.7. The number of rotatable bonds is 6. The fourth-order valence-electron chi connectivity index (χ4n) is 3.22. The van der Waals surface area contributed by atoms with Crippen molar-refractivity contribution in [2.24, 2.45) is 5.92 Å².